The predicted molar refractivity (Wildman–Crippen MR) is 106 cm³/mol. The number of rotatable bonds is 5. The van der Waals surface area contributed by atoms with Crippen molar-refractivity contribution >= 4 is 23.2 Å². The van der Waals surface area contributed by atoms with Crippen LogP contribution in [0.3, 0.4) is 0 Å². The average molecular weight is 367 g/mol. The van der Waals surface area contributed by atoms with E-state index in [1.165, 1.54) is 10.6 Å². The van der Waals surface area contributed by atoms with Crippen LogP contribution in [0.4, 0.5) is 11.4 Å². The van der Waals surface area contributed by atoms with Crippen molar-refractivity contribution in [3.05, 3.63) is 58.0 Å². The van der Waals surface area contributed by atoms with Gasteiger partial charge in [0.2, 0.25) is 5.91 Å². The topological polar surface area (TPSA) is 71.4 Å². The molecule has 0 saturated heterocycles. The second-order valence-corrected chi connectivity index (χ2v) is 7.36. The predicted octanol–water partition coefficient (Wildman–Crippen LogP) is 2.96. The Morgan fingerprint density at radius 1 is 1.19 bits per heavy atom. The Morgan fingerprint density at radius 3 is 2.70 bits per heavy atom. The highest BCUT2D eigenvalue weighted by molar-refractivity contribution is 6.04. The van der Waals surface area contributed by atoms with Crippen molar-refractivity contribution in [3.8, 4) is 0 Å². The summed E-state index contributed by atoms with van der Waals surface area (Å²) < 4.78 is 1.37. The van der Waals surface area contributed by atoms with Gasteiger partial charge < -0.3 is 14.8 Å². The molecule has 0 saturated carbocycles. The molecule has 6 heteroatoms. The van der Waals surface area contributed by atoms with E-state index in [2.05, 4.69) is 19.2 Å². The summed E-state index contributed by atoms with van der Waals surface area (Å²) in [5.41, 5.74) is 2.35. The molecule has 0 radical (unpaired) electrons. The minimum atomic E-state index is -0.431. The molecule has 0 unspecified atom stereocenters. The van der Waals surface area contributed by atoms with E-state index >= 15 is 0 Å². The first-order valence-corrected chi connectivity index (χ1v) is 9.27. The second-order valence-electron chi connectivity index (χ2n) is 7.36. The number of carbonyl (C=O) groups excluding carboxylic acids is 2. The molecule has 27 heavy (non-hydrogen) atoms. The van der Waals surface area contributed by atoms with Crippen molar-refractivity contribution in [1.29, 1.82) is 0 Å². The number of hydrogen-bond acceptors (Lipinski definition) is 3. The SMILES string of the molecule is CC(C)CCN1C(=O)CCc2cc(NC(=O)c3cccn(C)c3=O)ccc21. The molecule has 1 aliphatic rings. The van der Waals surface area contributed by atoms with Crippen molar-refractivity contribution in [2.75, 3.05) is 16.8 Å². The normalized spacial score (nSPS) is 13.6. The first kappa shape index (κ1) is 18.9. The molecule has 0 bridgehead atoms. The summed E-state index contributed by atoms with van der Waals surface area (Å²) in [5, 5.41) is 2.80. The summed E-state index contributed by atoms with van der Waals surface area (Å²) in [6.45, 7) is 4.99. The Bertz CT molecular complexity index is 931. The van der Waals surface area contributed by atoms with E-state index < -0.39 is 5.91 Å². The lowest BCUT2D eigenvalue weighted by atomic mass is 9.99. The summed E-state index contributed by atoms with van der Waals surface area (Å²) >= 11 is 0. The molecule has 1 aliphatic heterocycles. The Morgan fingerprint density at radius 2 is 1.96 bits per heavy atom. The van der Waals surface area contributed by atoms with Gasteiger partial charge in [-0.1, -0.05) is 13.8 Å². The molecule has 1 N–H and O–H groups in total. The van der Waals surface area contributed by atoms with E-state index in [0.29, 0.717) is 31.0 Å². The highest BCUT2D eigenvalue weighted by Gasteiger charge is 2.24. The first-order valence-electron chi connectivity index (χ1n) is 9.27. The summed E-state index contributed by atoms with van der Waals surface area (Å²) in [6, 6.07) is 8.75. The molecule has 0 aliphatic carbocycles. The van der Waals surface area contributed by atoms with Crippen LogP contribution in [0.25, 0.3) is 0 Å². The minimum absolute atomic E-state index is 0.103. The summed E-state index contributed by atoms with van der Waals surface area (Å²) in [7, 11) is 1.61. The van der Waals surface area contributed by atoms with Gasteiger partial charge in [0, 0.05) is 37.6 Å². The van der Waals surface area contributed by atoms with Crippen LogP contribution in [0, 0.1) is 5.92 Å². The number of nitrogens with zero attached hydrogens (tertiary/aromatic N) is 2. The maximum absolute atomic E-state index is 12.5. The highest BCUT2D eigenvalue weighted by atomic mass is 16.2. The standard InChI is InChI=1S/C21H25N3O3/c1-14(2)10-12-24-18-8-7-16(13-15(18)6-9-19(24)25)22-20(26)17-5-4-11-23(3)21(17)27/h4-5,7-8,11,13-14H,6,9-10,12H2,1-3H3,(H,22,26). The summed E-state index contributed by atoms with van der Waals surface area (Å²) in [6.07, 6.45) is 3.69. The zero-order valence-electron chi connectivity index (χ0n) is 16.0. The molecule has 0 spiro atoms. The Kier molecular flexibility index (Phi) is 5.44. The zero-order chi connectivity index (χ0) is 19.6. The van der Waals surface area contributed by atoms with Crippen LogP contribution < -0.4 is 15.8 Å². The number of fused-ring (bicyclic) bond motifs is 1. The number of nitrogens with one attached hydrogen (secondary N) is 1. The van der Waals surface area contributed by atoms with Crippen molar-refractivity contribution < 1.29 is 9.59 Å². The molecule has 142 valence electrons. The van der Waals surface area contributed by atoms with Crippen LogP contribution in [0.5, 0.6) is 0 Å². The van der Waals surface area contributed by atoms with Gasteiger partial charge in [-0.2, -0.15) is 0 Å². The third kappa shape index (κ3) is 4.10. The number of aryl methyl sites for hydroxylation is 2. The van der Waals surface area contributed by atoms with Crippen LogP contribution in [0.2, 0.25) is 0 Å². The van der Waals surface area contributed by atoms with Gasteiger partial charge in [-0.3, -0.25) is 14.4 Å². The van der Waals surface area contributed by atoms with Crippen LogP contribution in [-0.4, -0.2) is 22.9 Å². The molecule has 1 aromatic heterocycles. The number of amides is 2. The van der Waals surface area contributed by atoms with Crippen LogP contribution in [-0.2, 0) is 18.3 Å². The van der Waals surface area contributed by atoms with E-state index in [0.717, 1.165) is 17.7 Å². The van der Waals surface area contributed by atoms with Crippen molar-refractivity contribution in [1.82, 2.24) is 4.57 Å². The van der Waals surface area contributed by atoms with E-state index in [1.807, 2.05) is 17.0 Å². The van der Waals surface area contributed by atoms with Gasteiger partial charge in [0.1, 0.15) is 5.56 Å². The average Bonchev–Trinajstić information content (AvgIpc) is 2.63. The maximum atomic E-state index is 12.5. The second kappa shape index (κ2) is 7.78. The fourth-order valence-electron chi connectivity index (χ4n) is 3.24. The number of carbonyl (C=O) groups is 2. The van der Waals surface area contributed by atoms with Gasteiger partial charge in [0.25, 0.3) is 11.5 Å². The van der Waals surface area contributed by atoms with Crippen LogP contribution in [0.15, 0.2) is 41.3 Å². The Labute approximate surface area is 158 Å². The van der Waals surface area contributed by atoms with E-state index in [-0.39, 0.29) is 17.0 Å². The third-order valence-corrected chi connectivity index (χ3v) is 4.84. The van der Waals surface area contributed by atoms with Crippen LogP contribution in [0.1, 0.15) is 42.6 Å². The molecule has 0 fully saturated rings. The Hall–Kier alpha value is -2.89. The number of benzene rings is 1. The van der Waals surface area contributed by atoms with Gasteiger partial charge in [0.15, 0.2) is 0 Å². The molecule has 2 heterocycles. The number of aromatic nitrogens is 1. The molecule has 2 aromatic rings. The number of pyridine rings is 1. The molecular formula is C21H25N3O3. The van der Waals surface area contributed by atoms with E-state index in [9.17, 15) is 14.4 Å². The monoisotopic (exact) mass is 367 g/mol. The van der Waals surface area contributed by atoms with Gasteiger partial charge in [-0.15, -0.1) is 0 Å². The summed E-state index contributed by atoms with van der Waals surface area (Å²) in [5.74, 6) is 0.239. The lowest BCUT2D eigenvalue weighted by Gasteiger charge is -2.30. The zero-order valence-corrected chi connectivity index (χ0v) is 16.0. The molecular weight excluding hydrogens is 342 g/mol. The highest BCUT2D eigenvalue weighted by Crippen LogP contribution is 2.31. The molecule has 6 nitrogen and oxygen atoms in total. The maximum Gasteiger partial charge on any atom is 0.263 e. The number of anilines is 2. The fourth-order valence-corrected chi connectivity index (χ4v) is 3.24. The molecule has 1 aromatic carbocycles. The first-order chi connectivity index (χ1) is 12.9. The van der Waals surface area contributed by atoms with Crippen molar-refractivity contribution in [2.45, 2.75) is 33.1 Å². The van der Waals surface area contributed by atoms with E-state index in [1.54, 1.807) is 25.4 Å². The lowest BCUT2D eigenvalue weighted by Crippen LogP contribution is -2.36. The van der Waals surface area contributed by atoms with Crippen molar-refractivity contribution in [2.24, 2.45) is 13.0 Å². The number of hydrogen-bond donors (Lipinski definition) is 1. The largest absolute Gasteiger partial charge is 0.322 e. The lowest BCUT2D eigenvalue weighted by molar-refractivity contribution is -0.118. The smallest absolute Gasteiger partial charge is 0.263 e. The van der Waals surface area contributed by atoms with Crippen molar-refractivity contribution in [3.63, 3.8) is 0 Å². The minimum Gasteiger partial charge on any atom is -0.322 e. The van der Waals surface area contributed by atoms with Gasteiger partial charge >= 0.3 is 0 Å². The van der Waals surface area contributed by atoms with Gasteiger partial charge in [0.05, 0.1) is 0 Å². The quantitative estimate of drug-likeness (QED) is 0.883. The molecule has 2 amide bonds. The van der Waals surface area contributed by atoms with E-state index in [4.69, 9.17) is 0 Å². The Balaban J connectivity index is 1.81. The fraction of sp³-hybridized carbons (Fsp3) is 0.381. The van der Waals surface area contributed by atoms with Gasteiger partial charge in [-0.25, -0.2) is 0 Å². The van der Waals surface area contributed by atoms with Crippen LogP contribution >= 0.6 is 0 Å². The van der Waals surface area contributed by atoms with Gasteiger partial charge in [-0.05, 0) is 54.7 Å². The summed E-state index contributed by atoms with van der Waals surface area (Å²) in [4.78, 5) is 38.7. The third-order valence-electron chi connectivity index (χ3n) is 4.84. The molecule has 3 rings (SSSR count). The molecule has 0 atom stereocenters.